The lowest BCUT2D eigenvalue weighted by molar-refractivity contribution is -0.129. The van der Waals surface area contributed by atoms with E-state index in [2.05, 4.69) is 163 Å². The third-order valence-corrected chi connectivity index (χ3v) is 16.9. The summed E-state index contributed by atoms with van der Waals surface area (Å²) in [5, 5.41) is 0. The first-order chi connectivity index (χ1) is 43.6. The molecule has 0 heterocycles. The maximum Gasteiger partial charge on any atom is 0.335 e. The summed E-state index contributed by atoms with van der Waals surface area (Å²) in [4.78, 5) is 58.5. The highest BCUT2D eigenvalue weighted by Crippen LogP contribution is 2.45. The predicted molar refractivity (Wildman–Crippen MR) is 365 cm³/mol. The van der Waals surface area contributed by atoms with Crippen LogP contribution in [0.5, 0.6) is 34.5 Å². The molecule has 0 saturated carbocycles. The van der Waals surface area contributed by atoms with Crippen LogP contribution in [-0.4, -0.2) is 29.8 Å². The molecular formula is C81H78O11. The van der Waals surface area contributed by atoms with Gasteiger partial charge in [-0.25, -0.2) is 24.0 Å². The SMILES string of the molecule is C=CC(=C)Oc1ccc(C(C)(C)c2cc(C(C)(C)c3ccc(OC(=O)C=C)cc3)cc(C(C)(C)c3ccc(OC(=O)C=C)cc3)c2)cc1.C=CC(=O)Oc1ccc(C(C)(C)c2ccc(C(C)(c3ccc(OC(=O)C=C)cc3)c3ccc(OC(=O)C=C)cc3)cc2)cc1. The van der Waals surface area contributed by atoms with Gasteiger partial charge in [0.05, 0.1) is 0 Å². The zero-order chi connectivity index (χ0) is 67.2. The van der Waals surface area contributed by atoms with Gasteiger partial charge in [-0.05, 0) is 147 Å². The van der Waals surface area contributed by atoms with Crippen LogP contribution in [0.25, 0.3) is 0 Å². The van der Waals surface area contributed by atoms with E-state index in [4.69, 9.17) is 28.4 Å². The van der Waals surface area contributed by atoms with Crippen LogP contribution in [-0.2, 0) is 51.0 Å². The van der Waals surface area contributed by atoms with Crippen molar-refractivity contribution in [2.45, 2.75) is 89.4 Å². The van der Waals surface area contributed by atoms with Gasteiger partial charge in [-0.3, -0.25) is 0 Å². The molecule has 0 spiro atoms. The summed E-state index contributed by atoms with van der Waals surface area (Å²) in [6, 6.07) is 60.7. The molecule has 0 amide bonds. The Hall–Kier alpha value is -10.9. The molecule has 92 heavy (non-hydrogen) atoms. The van der Waals surface area contributed by atoms with Crippen molar-refractivity contribution >= 4 is 29.8 Å². The number of carbonyl (C=O) groups excluding carboxylic acids is 5. The van der Waals surface area contributed by atoms with Crippen LogP contribution >= 0.6 is 0 Å². The lowest BCUT2D eigenvalue weighted by atomic mass is 9.69. The molecule has 0 unspecified atom stereocenters. The van der Waals surface area contributed by atoms with Crippen LogP contribution in [0.1, 0.15) is 124 Å². The molecule has 0 aliphatic heterocycles. The zero-order valence-corrected chi connectivity index (χ0v) is 53.8. The van der Waals surface area contributed by atoms with Gasteiger partial charge in [0, 0.05) is 57.5 Å². The van der Waals surface area contributed by atoms with E-state index in [-0.39, 0.29) is 10.8 Å². The number of esters is 5. The van der Waals surface area contributed by atoms with Gasteiger partial charge in [0.15, 0.2) is 0 Å². The van der Waals surface area contributed by atoms with Gasteiger partial charge in [0.1, 0.15) is 40.3 Å². The predicted octanol–water partition coefficient (Wildman–Crippen LogP) is 17.6. The van der Waals surface area contributed by atoms with E-state index in [1.165, 1.54) is 0 Å². The zero-order valence-electron chi connectivity index (χ0n) is 53.8. The molecule has 8 aromatic rings. The Morgan fingerprint density at radius 2 is 0.413 bits per heavy atom. The number of hydrogen-bond donors (Lipinski definition) is 0. The Labute approximate surface area is 541 Å². The summed E-state index contributed by atoms with van der Waals surface area (Å²) in [5.41, 5.74) is 9.59. The second kappa shape index (κ2) is 29.2. The average Bonchev–Trinajstić information content (AvgIpc) is 0.766. The molecule has 0 fully saturated rings. The summed E-state index contributed by atoms with van der Waals surface area (Å²) in [5.74, 6) is 0.818. The molecule has 0 saturated heterocycles. The van der Waals surface area contributed by atoms with Gasteiger partial charge in [0.25, 0.3) is 0 Å². The maximum atomic E-state index is 11.8. The van der Waals surface area contributed by atoms with Gasteiger partial charge >= 0.3 is 29.8 Å². The first kappa shape index (κ1) is 68.6. The Morgan fingerprint density at radius 3 is 0.609 bits per heavy atom. The largest absolute Gasteiger partial charge is 0.458 e. The standard InChI is InChI=1S/C43H44O5.C38H34O6/c1-11-29(4)46-36-20-14-30(15-21-36)41(5,6)33-26-34(42(7,8)31-16-22-37(23-17-31)47-39(44)12-2)28-35(27-33)43(9,10)32-18-24-38(25-19-32)48-40(45)13-3;1-7-34(39)42-31-20-14-27(15-21-31)37(4,5)26-10-12-28(13-11-26)38(6,29-16-22-32(23-17-29)43-35(40)8-2)30-18-24-33(25-19-30)44-36(41)9-3/h11-28H,1-4H2,5-10H3;7-25H,1-3H2,4-6H3. The monoisotopic (exact) mass is 1230 g/mol. The highest BCUT2D eigenvalue weighted by atomic mass is 16.5. The topological polar surface area (TPSA) is 141 Å². The lowest BCUT2D eigenvalue weighted by Crippen LogP contribution is -2.26. The van der Waals surface area contributed by atoms with Crippen LogP contribution in [0.15, 0.2) is 276 Å². The van der Waals surface area contributed by atoms with Crippen molar-refractivity contribution in [3.63, 3.8) is 0 Å². The fourth-order valence-corrected chi connectivity index (χ4v) is 10.6. The maximum absolute atomic E-state index is 11.8. The van der Waals surface area contributed by atoms with Crippen LogP contribution in [0, 0.1) is 0 Å². The van der Waals surface area contributed by atoms with E-state index in [9.17, 15) is 24.0 Å². The van der Waals surface area contributed by atoms with E-state index < -0.39 is 46.1 Å². The fraction of sp³-hybridized carbons (Fsp3) is 0.173. The number of carbonyl (C=O) groups is 5. The molecule has 11 heteroatoms. The molecule has 0 N–H and O–H groups in total. The van der Waals surface area contributed by atoms with Crippen molar-refractivity contribution in [1.29, 1.82) is 0 Å². The molecule has 0 aliphatic rings. The summed E-state index contributed by atoms with van der Waals surface area (Å²) < 4.78 is 32.2. The minimum atomic E-state index is -0.624. The molecule has 8 aromatic carbocycles. The number of rotatable bonds is 24. The Kier molecular flexibility index (Phi) is 21.7. The van der Waals surface area contributed by atoms with Gasteiger partial charge in [-0.1, -0.05) is 217 Å². The summed E-state index contributed by atoms with van der Waals surface area (Å²) in [6.07, 6.45) is 7.24. The highest BCUT2D eigenvalue weighted by molar-refractivity contribution is 5.85. The Balaban J connectivity index is 0.000000262. The molecule has 0 atom stereocenters. The molecule has 468 valence electrons. The Morgan fingerprint density at radius 1 is 0.250 bits per heavy atom. The average molecular weight is 1230 g/mol. The minimum Gasteiger partial charge on any atom is -0.458 e. The van der Waals surface area contributed by atoms with Gasteiger partial charge in [0.2, 0.25) is 0 Å². The molecule has 0 aromatic heterocycles. The molecule has 8 rings (SSSR count). The number of benzene rings is 8. The number of allylic oxidation sites excluding steroid dienone is 1. The van der Waals surface area contributed by atoms with Crippen LogP contribution in [0.2, 0.25) is 0 Å². The normalized spacial score (nSPS) is 11.4. The molecule has 0 aliphatic carbocycles. The van der Waals surface area contributed by atoms with Crippen LogP contribution in [0.4, 0.5) is 0 Å². The molecule has 0 radical (unpaired) electrons. The fourth-order valence-electron chi connectivity index (χ4n) is 10.6. The highest BCUT2D eigenvalue weighted by Gasteiger charge is 2.35. The molecule has 0 bridgehead atoms. The minimum absolute atomic E-state index is 0.344. The lowest BCUT2D eigenvalue weighted by Gasteiger charge is -2.35. The van der Waals surface area contributed by atoms with Gasteiger partial charge in [-0.15, -0.1) is 0 Å². The second-order valence-corrected chi connectivity index (χ2v) is 24.0. The third-order valence-electron chi connectivity index (χ3n) is 16.9. The first-order valence-electron chi connectivity index (χ1n) is 29.7. The second-order valence-electron chi connectivity index (χ2n) is 24.0. The summed E-state index contributed by atoms with van der Waals surface area (Å²) in [6.45, 7) is 44.5. The smallest absolute Gasteiger partial charge is 0.335 e. The van der Waals surface area contributed by atoms with Crippen molar-refractivity contribution in [2.75, 3.05) is 0 Å². The van der Waals surface area contributed by atoms with Gasteiger partial charge in [-0.2, -0.15) is 0 Å². The molecular weight excluding hydrogens is 1150 g/mol. The van der Waals surface area contributed by atoms with Crippen molar-refractivity contribution in [2.24, 2.45) is 0 Å². The number of hydrogen-bond acceptors (Lipinski definition) is 11. The first-order valence-corrected chi connectivity index (χ1v) is 29.7. The van der Waals surface area contributed by atoms with Crippen molar-refractivity contribution in [1.82, 2.24) is 0 Å². The summed E-state index contributed by atoms with van der Waals surface area (Å²) in [7, 11) is 0. The van der Waals surface area contributed by atoms with Crippen molar-refractivity contribution < 1.29 is 52.4 Å². The third kappa shape index (κ3) is 16.1. The quantitative estimate of drug-likeness (QED) is 0.0143. The van der Waals surface area contributed by atoms with Gasteiger partial charge < -0.3 is 28.4 Å². The molecule has 11 nitrogen and oxygen atoms in total. The van der Waals surface area contributed by atoms with Crippen molar-refractivity contribution in [3.05, 3.63) is 338 Å². The Bertz CT molecular complexity index is 3750. The van der Waals surface area contributed by atoms with E-state index in [1.807, 2.05) is 97.1 Å². The number of ether oxygens (including phenoxy) is 6. The van der Waals surface area contributed by atoms with E-state index in [1.54, 1.807) is 42.5 Å². The summed E-state index contributed by atoms with van der Waals surface area (Å²) >= 11 is 0. The van der Waals surface area contributed by atoms with Crippen LogP contribution in [0.3, 0.4) is 0 Å². The van der Waals surface area contributed by atoms with E-state index >= 15 is 0 Å². The van der Waals surface area contributed by atoms with Crippen LogP contribution < -0.4 is 28.4 Å². The van der Waals surface area contributed by atoms with Crippen molar-refractivity contribution in [3.8, 4) is 34.5 Å². The van der Waals surface area contributed by atoms with E-state index in [0.29, 0.717) is 40.3 Å². The van der Waals surface area contributed by atoms with E-state index in [0.717, 1.165) is 91.6 Å².